The van der Waals surface area contributed by atoms with Gasteiger partial charge in [0.05, 0.1) is 6.10 Å². The van der Waals surface area contributed by atoms with Crippen molar-refractivity contribution in [3.8, 4) is 0 Å². The molecule has 0 spiro atoms. The van der Waals surface area contributed by atoms with E-state index in [9.17, 15) is 14.0 Å². The molecule has 2 atom stereocenters. The van der Waals surface area contributed by atoms with Gasteiger partial charge in [0, 0.05) is 25.3 Å². The number of carbonyl (C=O) groups excluding carboxylic acids is 2. The minimum absolute atomic E-state index is 0.0697. The third-order valence-corrected chi connectivity index (χ3v) is 4.15. The Morgan fingerprint density at radius 2 is 2.09 bits per heavy atom. The van der Waals surface area contributed by atoms with Crippen molar-refractivity contribution in [3.05, 3.63) is 30.1 Å². The largest absolute Gasteiger partial charge is 0.376 e. The van der Waals surface area contributed by atoms with Crippen LogP contribution in [0.1, 0.15) is 25.7 Å². The van der Waals surface area contributed by atoms with E-state index in [1.165, 1.54) is 29.2 Å². The number of hydrogen-bond donors (Lipinski definition) is 1. The molecule has 2 saturated heterocycles. The predicted molar refractivity (Wildman–Crippen MR) is 78.9 cm³/mol. The molecule has 0 saturated carbocycles. The van der Waals surface area contributed by atoms with Gasteiger partial charge in [0.15, 0.2) is 0 Å². The highest BCUT2D eigenvalue weighted by molar-refractivity contribution is 6.03. The van der Waals surface area contributed by atoms with Crippen molar-refractivity contribution in [1.82, 2.24) is 5.32 Å². The lowest BCUT2D eigenvalue weighted by atomic mass is 10.1. The molecule has 2 amide bonds. The fourth-order valence-corrected chi connectivity index (χ4v) is 3.00. The molecule has 1 N–H and O–H groups in total. The molecular weight excluding hydrogens is 287 g/mol. The van der Waals surface area contributed by atoms with Gasteiger partial charge in [-0.1, -0.05) is 0 Å². The lowest BCUT2D eigenvalue weighted by Crippen LogP contribution is -2.46. The number of carbonyl (C=O) groups is 2. The smallest absolute Gasteiger partial charge is 0.243 e. The molecule has 6 heteroatoms. The van der Waals surface area contributed by atoms with Crippen molar-refractivity contribution in [3.63, 3.8) is 0 Å². The predicted octanol–water partition coefficient (Wildman–Crippen LogP) is 1.62. The van der Waals surface area contributed by atoms with Crippen LogP contribution in [0.5, 0.6) is 0 Å². The van der Waals surface area contributed by atoms with Crippen LogP contribution >= 0.6 is 0 Å². The molecule has 2 aliphatic heterocycles. The van der Waals surface area contributed by atoms with Gasteiger partial charge in [0.25, 0.3) is 0 Å². The second kappa shape index (κ2) is 6.44. The summed E-state index contributed by atoms with van der Waals surface area (Å²) in [4.78, 5) is 25.9. The molecule has 22 heavy (non-hydrogen) atoms. The SMILES string of the molecule is O=C(NCC1CCCO1)C1CCC(=O)N1c1ccc(F)cc1. The van der Waals surface area contributed by atoms with Gasteiger partial charge in [0.2, 0.25) is 11.8 Å². The summed E-state index contributed by atoms with van der Waals surface area (Å²) in [5.41, 5.74) is 0.557. The van der Waals surface area contributed by atoms with E-state index in [2.05, 4.69) is 5.32 Å². The number of nitrogens with zero attached hydrogens (tertiary/aromatic N) is 1. The molecule has 2 heterocycles. The van der Waals surface area contributed by atoms with Gasteiger partial charge in [-0.3, -0.25) is 14.5 Å². The van der Waals surface area contributed by atoms with E-state index in [-0.39, 0.29) is 23.7 Å². The first-order valence-electron chi connectivity index (χ1n) is 7.62. The number of hydrogen-bond acceptors (Lipinski definition) is 3. The fraction of sp³-hybridized carbons (Fsp3) is 0.500. The molecule has 2 unspecified atom stereocenters. The van der Waals surface area contributed by atoms with Gasteiger partial charge in [-0.25, -0.2) is 4.39 Å². The van der Waals surface area contributed by atoms with Gasteiger partial charge in [0.1, 0.15) is 11.9 Å². The molecule has 0 radical (unpaired) electrons. The molecule has 0 aromatic heterocycles. The van der Waals surface area contributed by atoms with Crippen LogP contribution < -0.4 is 10.2 Å². The number of anilines is 1. The van der Waals surface area contributed by atoms with E-state index in [0.717, 1.165) is 19.4 Å². The number of rotatable bonds is 4. The number of halogens is 1. The summed E-state index contributed by atoms with van der Waals surface area (Å²) in [5, 5.41) is 2.87. The quantitative estimate of drug-likeness (QED) is 0.919. The second-order valence-corrected chi connectivity index (χ2v) is 5.67. The number of benzene rings is 1. The normalized spacial score (nSPS) is 24.8. The zero-order valence-electron chi connectivity index (χ0n) is 12.3. The van der Waals surface area contributed by atoms with E-state index < -0.39 is 6.04 Å². The molecule has 0 bridgehead atoms. The van der Waals surface area contributed by atoms with Crippen LogP contribution in [0.25, 0.3) is 0 Å². The van der Waals surface area contributed by atoms with Crippen LogP contribution in [0.4, 0.5) is 10.1 Å². The van der Waals surface area contributed by atoms with Crippen LogP contribution in [0.3, 0.4) is 0 Å². The Balaban J connectivity index is 1.66. The van der Waals surface area contributed by atoms with Gasteiger partial charge in [-0.2, -0.15) is 0 Å². The van der Waals surface area contributed by atoms with E-state index in [4.69, 9.17) is 4.74 Å². The number of nitrogens with one attached hydrogen (secondary N) is 1. The molecule has 2 aliphatic rings. The van der Waals surface area contributed by atoms with Crippen LogP contribution in [-0.4, -0.2) is 37.1 Å². The van der Waals surface area contributed by atoms with E-state index in [1.807, 2.05) is 0 Å². The summed E-state index contributed by atoms with van der Waals surface area (Å²) in [5.74, 6) is -0.649. The van der Waals surface area contributed by atoms with Crippen LogP contribution in [-0.2, 0) is 14.3 Å². The van der Waals surface area contributed by atoms with Crippen molar-refractivity contribution in [2.45, 2.75) is 37.8 Å². The van der Waals surface area contributed by atoms with E-state index in [1.54, 1.807) is 0 Å². The first-order valence-corrected chi connectivity index (χ1v) is 7.62. The zero-order chi connectivity index (χ0) is 15.5. The van der Waals surface area contributed by atoms with Crippen molar-refractivity contribution in [2.24, 2.45) is 0 Å². The summed E-state index contributed by atoms with van der Waals surface area (Å²) in [6, 6.07) is 5.11. The minimum atomic E-state index is -0.528. The fourth-order valence-electron chi connectivity index (χ4n) is 3.00. The maximum absolute atomic E-state index is 13.0. The molecular formula is C16H19FN2O3. The third kappa shape index (κ3) is 3.11. The lowest BCUT2D eigenvalue weighted by molar-refractivity contribution is -0.124. The Labute approximate surface area is 128 Å². The summed E-state index contributed by atoms with van der Waals surface area (Å²) < 4.78 is 18.5. The average Bonchev–Trinajstić information content (AvgIpc) is 3.15. The van der Waals surface area contributed by atoms with Gasteiger partial charge >= 0.3 is 0 Å². The topological polar surface area (TPSA) is 58.6 Å². The maximum atomic E-state index is 13.0. The standard InChI is InChI=1S/C16H19FN2O3/c17-11-3-5-12(6-4-11)19-14(7-8-15(19)20)16(21)18-10-13-2-1-9-22-13/h3-6,13-14H,1-2,7-10H2,(H,18,21). The number of ether oxygens (including phenoxy) is 1. The Bertz CT molecular complexity index is 555. The lowest BCUT2D eigenvalue weighted by Gasteiger charge is -2.24. The molecule has 3 rings (SSSR count). The first-order chi connectivity index (χ1) is 10.6. The summed E-state index contributed by atoms with van der Waals surface area (Å²) in [6.07, 6.45) is 2.85. The van der Waals surface area contributed by atoms with Gasteiger partial charge in [-0.05, 0) is 43.5 Å². The second-order valence-electron chi connectivity index (χ2n) is 5.67. The van der Waals surface area contributed by atoms with Crippen LogP contribution in [0.15, 0.2) is 24.3 Å². The van der Waals surface area contributed by atoms with Crippen molar-refractivity contribution in [2.75, 3.05) is 18.1 Å². The van der Waals surface area contributed by atoms with Crippen molar-refractivity contribution < 1.29 is 18.7 Å². The van der Waals surface area contributed by atoms with Crippen molar-refractivity contribution >= 4 is 17.5 Å². The van der Waals surface area contributed by atoms with Gasteiger partial charge < -0.3 is 10.1 Å². The Kier molecular flexibility index (Phi) is 4.38. The summed E-state index contributed by atoms with van der Waals surface area (Å²) in [6.45, 7) is 1.21. The minimum Gasteiger partial charge on any atom is -0.376 e. The van der Waals surface area contributed by atoms with Crippen molar-refractivity contribution in [1.29, 1.82) is 0 Å². The average molecular weight is 306 g/mol. The highest BCUT2D eigenvalue weighted by atomic mass is 19.1. The molecule has 1 aromatic carbocycles. The molecule has 118 valence electrons. The molecule has 1 aromatic rings. The Morgan fingerprint density at radius 1 is 1.32 bits per heavy atom. The highest BCUT2D eigenvalue weighted by Gasteiger charge is 2.37. The van der Waals surface area contributed by atoms with E-state index >= 15 is 0 Å². The molecule has 0 aliphatic carbocycles. The molecule has 2 fully saturated rings. The maximum Gasteiger partial charge on any atom is 0.243 e. The van der Waals surface area contributed by atoms with E-state index in [0.29, 0.717) is 25.1 Å². The Morgan fingerprint density at radius 3 is 2.77 bits per heavy atom. The third-order valence-electron chi connectivity index (χ3n) is 4.15. The van der Waals surface area contributed by atoms with Crippen LogP contribution in [0.2, 0.25) is 0 Å². The zero-order valence-corrected chi connectivity index (χ0v) is 12.3. The monoisotopic (exact) mass is 306 g/mol. The first kappa shape index (κ1) is 15.0. The summed E-state index contributed by atoms with van der Waals surface area (Å²) >= 11 is 0. The Hall–Kier alpha value is -1.95. The number of amides is 2. The van der Waals surface area contributed by atoms with Crippen LogP contribution in [0, 0.1) is 5.82 Å². The summed E-state index contributed by atoms with van der Waals surface area (Å²) in [7, 11) is 0. The van der Waals surface area contributed by atoms with Gasteiger partial charge in [-0.15, -0.1) is 0 Å². The highest BCUT2D eigenvalue weighted by Crippen LogP contribution is 2.27. The molecule has 5 nitrogen and oxygen atoms in total.